The zero-order valence-electron chi connectivity index (χ0n) is 11.3. The van der Waals surface area contributed by atoms with Crippen molar-refractivity contribution in [2.45, 2.75) is 11.3 Å². The molecule has 108 valence electrons. The number of benzene rings is 1. The van der Waals surface area contributed by atoms with Crippen LogP contribution in [-0.2, 0) is 0 Å². The minimum Gasteiger partial charge on any atom is -0.337 e. The fourth-order valence-electron chi connectivity index (χ4n) is 2.20. The second-order valence-electron chi connectivity index (χ2n) is 4.54. The van der Waals surface area contributed by atoms with Gasteiger partial charge in [0.15, 0.2) is 0 Å². The van der Waals surface area contributed by atoms with Crippen LogP contribution < -0.4 is 5.32 Å². The third-order valence-corrected chi connectivity index (χ3v) is 4.03. The maximum Gasteiger partial charge on any atom is 0.283 e. The van der Waals surface area contributed by atoms with Crippen molar-refractivity contribution in [3.63, 3.8) is 0 Å². The van der Waals surface area contributed by atoms with Gasteiger partial charge in [-0.1, -0.05) is 0 Å². The molecule has 1 amide bonds. The molecule has 0 spiro atoms. The highest BCUT2D eigenvalue weighted by molar-refractivity contribution is 7.98. The molecule has 1 heterocycles. The molecule has 1 aliphatic heterocycles. The Hall–Kier alpha value is -1.60. The van der Waals surface area contributed by atoms with Crippen LogP contribution >= 0.6 is 11.8 Å². The molecule has 1 fully saturated rings. The van der Waals surface area contributed by atoms with Crippen molar-refractivity contribution in [3.8, 4) is 0 Å². The molecule has 0 atom stereocenters. The normalized spacial score (nSPS) is 15.8. The summed E-state index contributed by atoms with van der Waals surface area (Å²) in [7, 11) is 0. The molecule has 1 aromatic carbocycles. The van der Waals surface area contributed by atoms with E-state index in [1.807, 2.05) is 0 Å². The number of hydrogen-bond donors (Lipinski definition) is 1. The predicted molar refractivity (Wildman–Crippen MR) is 78.3 cm³/mol. The zero-order chi connectivity index (χ0) is 14.5. The first-order chi connectivity index (χ1) is 9.63. The highest BCUT2D eigenvalue weighted by Crippen LogP contribution is 2.28. The lowest BCUT2D eigenvalue weighted by molar-refractivity contribution is -0.387. The van der Waals surface area contributed by atoms with E-state index in [0.717, 1.165) is 19.5 Å². The Labute approximate surface area is 121 Å². The summed E-state index contributed by atoms with van der Waals surface area (Å²) in [5.41, 5.74) is 0.382. The summed E-state index contributed by atoms with van der Waals surface area (Å²) in [6, 6.07) is 4.69. The minimum absolute atomic E-state index is 0.00343. The Morgan fingerprint density at radius 3 is 2.90 bits per heavy atom. The van der Waals surface area contributed by atoms with Crippen LogP contribution in [0, 0.1) is 10.1 Å². The number of nitro benzene ring substituents is 1. The monoisotopic (exact) mass is 295 g/mol. The van der Waals surface area contributed by atoms with Crippen LogP contribution in [0.15, 0.2) is 23.1 Å². The Morgan fingerprint density at radius 1 is 1.40 bits per heavy atom. The third kappa shape index (κ3) is 3.29. The molecule has 0 radical (unpaired) electrons. The van der Waals surface area contributed by atoms with Crippen LogP contribution in [-0.4, -0.2) is 48.2 Å². The number of carbonyl (C=O) groups excluding carboxylic acids is 1. The molecule has 0 bridgehead atoms. The van der Waals surface area contributed by atoms with Crippen LogP contribution in [0.4, 0.5) is 5.69 Å². The summed E-state index contributed by atoms with van der Waals surface area (Å²) >= 11 is 1.31. The number of rotatable bonds is 3. The molecule has 0 aliphatic carbocycles. The van der Waals surface area contributed by atoms with E-state index in [1.54, 1.807) is 23.3 Å². The van der Waals surface area contributed by atoms with Gasteiger partial charge in [0.05, 0.1) is 9.82 Å². The number of carbonyl (C=O) groups is 1. The van der Waals surface area contributed by atoms with Crippen molar-refractivity contribution in [2.24, 2.45) is 0 Å². The van der Waals surface area contributed by atoms with Crippen LogP contribution in [0.3, 0.4) is 0 Å². The van der Waals surface area contributed by atoms with Crippen LogP contribution in [0.5, 0.6) is 0 Å². The molecule has 20 heavy (non-hydrogen) atoms. The first-order valence-electron chi connectivity index (χ1n) is 6.46. The average Bonchev–Trinajstić information content (AvgIpc) is 2.74. The highest BCUT2D eigenvalue weighted by Gasteiger charge is 2.21. The van der Waals surface area contributed by atoms with Gasteiger partial charge in [-0.3, -0.25) is 14.9 Å². The van der Waals surface area contributed by atoms with Crippen LogP contribution in [0.2, 0.25) is 0 Å². The van der Waals surface area contributed by atoms with Gasteiger partial charge in [0.1, 0.15) is 0 Å². The molecular weight excluding hydrogens is 278 g/mol. The van der Waals surface area contributed by atoms with Gasteiger partial charge in [0.2, 0.25) is 0 Å². The second-order valence-corrected chi connectivity index (χ2v) is 5.39. The summed E-state index contributed by atoms with van der Waals surface area (Å²) in [6.45, 7) is 2.98. The van der Waals surface area contributed by atoms with E-state index in [0.29, 0.717) is 23.5 Å². The lowest BCUT2D eigenvalue weighted by Crippen LogP contribution is -2.34. The van der Waals surface area contributed by atoms with E-state index in [1.165, 1.54) is 17.8 Å². The van der Waals surface area contributed by atoms with Crippen LogP contribution in [0.25, 0.3) is 0 Å². The third-order valence-electron chi connectivity index (χ3n) is 3.25. The van der Waals surface area contributed by atoms with Gasteiger partial charge in [-0.05, 0) is 31.4 Å². The molecule has 7 heteroatoms. The van der Waals surface area contributed by atoms with E-state index in [-0.39, 0.29) is 11.6 Å². The van der Waals surface area contributed by atoms with Gasteiger partial charge in [-0.25, -0.2) is 0 Å². The zero-order valence-corrected chi connectivity index (χ0v) is 12.1. The summed E-state index contributed by atoms with van der Waals surface area (Å²) in [5, 5.41) is 14.3. The highest BCUT2D eigenvalue weighted by atomic mass is 32.2. The van der Waals surface area contributed by atoms with Gasteiger partial charge < -0.3 is 10.2 Å². The minimum atomic E-state index is -0.438. The Kier molecular flexibility index (Phi) is 4.97. The van der Waals surface area contributed by atoms with Gasteiger partial charge in [-0.2, -0.15) is 0 Å². The maximum atomic E-state index is 12.4. The lowest BCUT2D eigenvalue weighted by Gasteiger charge is -2.20. The summed E-state index contributed by atoms with van der Waals surface area (Å²) in [4.78, 5) is 25.3. The van der Waals surface area contributed by atoms with Crippen molar-refractivity contribution >= 4 is 23.4 Å². The molecule has 0 unspecified atom stereocenters. The summed E-state index contributed by atoms with van der Waals surface area (Å²) in [6.07, 6.45) is 2.68. The fourth-order valence-corrected chi connectivity index (χ4v) is 2.74. The molecule has 1 aromatic rings. The second kappa shape index (κ2) is 6.71. The molecule has 1 N–H and O–H groups in total. The lowest BCUT2D eigenvalue weighted by atomic mass is 10.1. The Morgan fingerprint density at radius 2 is 2.20 bits per heavy atom. The van der Waals surface area contributed by atoms with Crippen molar-refractivity contribution in [3.05, 3.63) is 33.9 Å². The molecule has 6 nitrogen and oxygen atoms in total. The van der Waals surface area contributed by atoms with E-state index in [9.17, 15) is 14.9 Å². The molecule has 0 aromatic heterocycles. The van der Waals surface area contributed by atoms with Crippen LogP contribution in [0.1, 0.15) is 16.8 Å². The Balaban J connectivity index is 2.25. The number of nitro groups is 1. The Bertz CT molecular complexity index is 514. The van der Waals surface area contributed by atoms with Crippen molar-refractivity contribution in [2.75, 3.05) is 32.4 Å². The standard InChI is InChI=1S/C13H17N3O3S/c1-20-12-4-3-10(9-11(12)16(18)19)13(17)15-7-2-5-14-6-8-15/h3-4,9,14H,2,5-8H2,1H3. The fraction of sp³-hybridized carbons (Fsp3) is 0.462. The average molecular weight is 295 g/mol. The van der Waals surface area contributed by atoms with Crippen molar-refractivity contribution in [1.29, 1.82) is 0 Å². The SMILES string of the molecule is CSc1ccc(C(=O)N2CCCNCC2)cc1[N+](=O)[O-]. The smallest absolute Gasteiger partial charge is 0.283 e. The number of nitrogens with one attached hydrogen (secondary N) is 1. The van der Waals surface area contributed by atoms with Gasteiger partial charge >= 0.3 is 0 Å². The first kappa shape index (κ1) is 14.8. The first-order valence-corrected chi connectivity index (χ1v) is 7.68. The summed E-state index contributed by atoms with van der Waals surface area (Å²) in [5.74, 6) is -0.135. The largest absolute Gasteiger partial charge is 0.337 e. The van der Waals surface area contributed by atoms with E-state index < -0.39 is 4.92 Å². The summed E-state index contributed by atoms with van der Waals surface area (Å²) < 4.78 is 0. The van der Waals surface area contributed by atoms with Gasteiger partial charge in [0, 0.05) is 31.3 Å². The molecule has 1 aliphatic rings. The number of hydrogen-bond acceptors (Lipinski definition) is 5. The number of amides is 1. The maximum absolute atomic E-state index is 12.4. The quantitative estimate of drug-likeness (QED) is 0.522. The molecule has 1 saturated heterocycles. The predicted octanol–water partition coefficient (Wildman–Crippen LogP) is 1.75. The van der Waals surface area contributed by atoms with E-state index >= 15 is 0 Å². The van der Waals surface area contributed by atoms with Gasteiger partial charge in [0.25, 0.3) is 11.6 Å². The number of thioether (sulfide) groups is 1. The molecular formula is C13H17N3O3S. The topological polar surface area (TPSA) is 75.5 Å². The van der Waals surface area contributed by atoms with E-state index in [2.05, 4.69) is 5.32 Å². The molecule has 2 rings (SSSR count). The number of nitrogens with zero attached hydrogens (tertiary/aromatic N) is 2. The van der Waals surface area contributed by atoms with Crippen molar-refractivity contribution in [1.82, 2.24) is 10.2 Å². The van der Waals surface area contributed by atoms with Gasteiger partial charge in [-0.15, -0.1) is 11.8 Å². The van der Waals surface area contributed by atoms with Crippen molar-refractivity contribution < 1.29 is 9.72 Å². The molecule has 0 saturated carbocycles. The van der Waals surface area contributed by atoms with E-state index in [4.69, 9.17) is 0 Å².